The molecule has 1 aromatic rings. The fourth-order valence-electron chi connectivity index (χ4n) is 2.34. The third-order valence-corrected chi connectivity index (χ3v) is 3.93. The van der Waals surface area contributed by atoms with Gasteiger partial charge in [0.15, 0.2) is 6.10 Å². The number of carbonyl (C=O) groups is 2. The molecule has 1 aliphatic rings. The van der Waals surface area contributed by atoms with E-state index in [1.54, 1.807) is 6.92 Å². The smallest absolute Gasteiger partial charge is 0.338 e. The molecule has 6 heteroatoms. The second kappa shape index (κ2) is 6.80. The lowest BCUT2D eigenvalue weighted by Gasteiger charge is -2.17. The van der Waals surface area contributed by atoms with Crippen LogP contribution in [-0.2, 0) is 9.53 Å². The van der Waals surface area contributed by atoms with Crippen LogP contribution < -0.4 is 11.1 Å². The Morgan fingerprint density at radius 2 is 2.05 bits per heavy atom. The van der Waals surface area contributed by atoms with E-state index < -0.39 is 12.1 Å². The Kier molecular flexibility index (Phi) is 5.07. The van der Waals surface area contributed by atoms with Gasteiger partial charge < -0.3 is 15.8 Å². The van der Waals surface area contributed by atoms with Crippen molar-refractivity contribution in [2.24, 2.45) is 0 Å². The quantitative estimate of drug-likeness (QED) is 0.661. The summed E-state index contributed by atoms with van der Waals surface area (Å²) in [6.45, 7) is 1.56. The maximum atomic E-state index is 12.0. The van der Waals surface area contributed by atoms with Gasteiger partial charge in [-0.15, -0.1) is 0 Å². The first-order chi connectivity index (χ1) is 9.97. The van der Waals surface area contributed by atoms with Crippen LogP contribution in [0.25, 0.3) is 0 Å². The van der Waals surface area contributed by atoms with Crippen LogP contribution in [0.5, 0.6) is 0 Å². The van der Waals surface area contributed by atoms with Crippen LogP contribution >= 0.6 is 11.6 Å². The molecule has 0 aliphatic heterocycles. The summed E-state index contributed by atoms with van der Waals surface area (Å²) < 4.78 is 5.15. The molecule has 0 unspecified atom stereocenters. The van der Waals surface area contributed by atoms with Gasteiger partial charge in [0.1, 0.15) is 0 Å². The normalized spacial score (nSPS) is 16.5. The van der Waals surface area contributed by atoms with Crippen molar-refractivity contribution in [3.63, 3.8) is 0 Å². The molecule has 3 N–H and O–H groups in total. The zero-order chi connectivity index (χ0) is 15.4. The SMILES string of the molecule is C[C@H](OC(=O)c1ccc(Cl)c(N)c1)C(=O)NC1CCCC1. The molecule has 0 aromatic heterocycles. The maximum Gasteiger partial charge on any atom is 0.338 e. The molecule has 0 radical (unpaired) electrons. The molecule has 0 bridgehead atoms. The highest BCUT2D eigenvalue weighted by Gasteiger charge is 2.23. The van der Waals surface area contributed by atoms with Crippen molar-refractivity contribution in [3.05, 3.63) is 28.8 Å². The van der Waals surface area contributed by atoms with Crippen LogP contribution in [0.3, 0.4) is 0 Å². The first kappa shape index (κ1) is 15.6. The minimum absolute atomic E-state index is 0.199. The number of hydrogen-bond acceptors (Lipinski definition) is 4. The van der Waals surface area contributed by atoms with Gasteiger partial charge in [-0.05, 0) is 38.0 Å². The van der Waals surface area contributed by atoms with Crippen LogP contribution in [0.15, 0.2) is 18.2 Å². The Balaban J connectivity index is 1.91. The Bertz CT molecular complexity index is 542. The number of halogens is 1. The fourth-order valence-corrected chi connectivity index (χ4v) is 2.46. The zero-order valence-electron chi connectivity index (χ0n) is 11.9. The molecular weight excluding hydrogens is 292 g/mol. The molecule has 0 saturated heterocycles. The van der Waals surface area contributed by atoms with Gasteiger partial charge in [0.05, 0.1) is 16.3 Å². The molecule has 1 aromatic carbocycles. The van der Waals surface area contributed by atoms with Gasteiger partial charge in [0, 0.05) is 6.04 Å². The molecule has 1 fully saturated rings. The van der Waals surface area contributed by atoms with Gasteiger partial charge in [-0.3, -0.25) is 4.79 Å². The topological polar surface area (TPSA) is 81.4 Å². The van der Waals surface area contributed by atoms with E-state index in [2.05, 4.69) is 5.32 Å². The van der Waals surface area contributed by atoms with Crippen LogP contribution in [0.2, 0.25) is 5.02 Å². The van der Waals surface area contributed by atoms with Crippen LogP contribution in [0.1, 0.15) is 43.0 Å². The van der Waals surface area contributed by atoms with Crippen LogP contribution in [0.4, 0.5) is 5.69 Å². The van der Waals surface area contributed by atoms with Crippen molar-refractivity contribution in [1.29, 1.82) is 0 Å². The Morgan fingerprint density at radius 3 is 2.67 bits per heavy atom. The molecule has 1 saturated carbocycles. The summed E-state index contributed by atoms with van der Waals surface area (Å²) in [7, 11) is 0. The second-order valence-electron chi connectivity index (χ2n) is 5.27. The number of nitrogens with two attached hydrogens (primary N) is 1. The second-order valence-corrected chi connectivity index (χ2v) is 5.68. The number of nitrogens with one attached hydrogen (secondary N) is 1. The molecule has 0 spiro atoms. The Labute approximate surface area is 128 Å². The standard InChI is InChI=1S/C15H19ClN2O3/c1-9(14(19)18-11-4-2-3-5-11)21-15(20)10-6-7-12(16)13(17)8-10/h6-9,11H,2-5,17H2,1H3,(H,18,19)/t9-/m0/s1. The van der Waals surface area contributed by atoms with Crippen molar-refractivity contribution in [1.82, 2.24) is 5.32 Å². The van der Waals surface area contributed by atoms with Crippen molar-refractivity contribution in [2.75, 3.05) is 5.73 Å². The minimum Gasteiger partial charge on any atom is -0.449 e. The summed E-state index contributed by atoms with van der Waals surface area (Å²) in [6.07, 6.45) is 3.39. The third kappa shape index (κ3) is 4.11. The van der Waals surface area contributed by atoms with E-state index >= 15 is 0 Å². The number of rotatable bonds is 4. The average molecular weight is 311 g/mol. The molecule has 0 heterocycles. The summed E-state index contributed by atoms with van der Waals surface area (Å²) in [5.74, 6) is -0.857. The first-order valence-electron chi connectivity index (χ1n) is 7.03. The lowest BCUT2D eigenvalue weighted by Crippen LogP contribution is -2.40. The summed E-state index contributed by atoms with van der Waals surface area (Å²) >= 11 is 5.80. The number of carbonyl (C=O) groups excluding carboxylic acids is 2. The van der Waals surface area contributed by atoms with Gasteiger partial charge in [-0.25, -0.2) is 4.79 Å². The predicted octanol–water partition coefficient (Wildman–Crippen LogP) is 2.53. The van der Waals surface area contributed by atoms with E-state index in [1.165, 1.54) is 18.2 Å². The molecular formula is C15H19ClN2O3. The van der Waals surface area contributed by atoms with Crippen molar-refractivity contribution in [3.8, 4) is 0 Å². The van der Waals surface area contributed by atoms with Gasteiger partial charge in [0.2, 0.25) is 0 Å². The molecule has 1 aliphatic carbocycles. The highest BCUT2D eigenvalue weighted by atomic mass is 35.5. The van der Waals surface area contributed by atoms with Gasteiger partial charge >= 0.3 is 5.97 Å². The van der Waals surface area contributed by atoms with Crippen LogP contribution in [0, 0.1) is 0 Å². The lowest BCUT2D eigenvalue weighted by molar-refractivity contribution is -0.129. The summed E-state index contributed by atoms with van der Waals surface area (Å²) in [4.78, 5) is 23.9. The lowest BCUT2D eigenvalue weighted by atomic mass is 10.2. The molecule has 114 valence electrons. The van der Waals surface area contributed by atoms with Gasteiger partial charge in [-0.2, -0.15) is 0 Å². The Morgan fingerprint density at radius 1 is 1.38 bits per heavy atom. The number of hydrogen-bond donors (Lipinski definition) is 2. The molecule has 2 rings (SSSR count). The predicted molar refractivity (Wildman–Crippen MR) is 81.1 cm³/mol. The van der Waals surface area contributed by atoms with E-state index in [0.29, 0.717) is 10.7 Å². The average Bonchev–Trinajstić information content (AvgIpc) is 2.94. The first-order valence-corrected chi connectivity index (χ1v) is 7.41. The molecule has 1 amide bonds. The van der Waals surface area contributed by atoms with Crippen molar-refractivity contribution in [2.45, 2.75) is 44.8 Å². The Hall–Kier alpha value is -1.75. The van der Waals surface area contributed by atoms with Crippen molar-refractivity contribution < 1.29 is 14.3 Å². The van der Waals surface area contributed by atoms with E-state index in [1.807, 2.05) is 0 Å². The van der Waals surface area contributed by atoms with E-state index in [9.17, 15) is 9.59 Å². The molecule has 5 nitrogen and oxygen atoms in total. The number of nitrogen functional groups attached to an aromatic ring is 1. The van der Waals surface area contributed by atoms with E-state index in [-0.39, 0.29) is 17.5 Å². The molecule has 1 atom stereocenters. The number of benzene rings is 1. The fraction of sp³-hybridized carbons (Fsp3) is 0.467. The highest BCUT2D eigenvalue weighted by Crippen LogP contribution is 2.20. The number of ether oxygens (including phenoxy) is 1. The molecule has 21 heavy (non-hydrogen) atoms. The summed E-state index contributed by atoms with van der Waals surface area (Å²) in [5.41, 5.74) is 6.21. The minimum atomic E-state index is -0.838. The number of esters is 1. The summed E-state index contributed by atoms with van der Waals surface area (Å²) in [6, 6.07) is 4.68. The largest absolute Gasteiger partial charge is 0.449 e. The van der Waals surface area contributed by atoms with Crippen molar-refractivity contribution >= 4 is 29.2 Å². The van der Waals surface area contributed by atoms with Crippen LogP contribution in [-0.4, -0.2) is 24.0 Å². The summed E-state index contributed by atoms with van der Waals surface area (Å²) in [5, 5.41) is 3.27. The maximum absolute atomic E-state index is 12.0. The van der Waals surface area contributed by atoms with E-state index in [0.717, 1.165) is 25.7 Å². The highest BCUT2D eigenvalue weighted by molar-refractivity contribution is 6.33. The monoisotopic (exact) mass is 310 g/mol. The third-order valence-electron chi connectivity index (χ3n) is 3.59. The van der Waals surface area contributed by atoms with Gasteiger partial charge in [-0.1, -0.05) is 24.4 Å². The number of amides is 1. The number of anilines is 1. The van der Waals surface area contributed by atoms with Gasteiger partial charge in [0.25, 0.3) is 5.91 Å². The zero-order valence-corrected chi connectivity index (χ0v) is 12.7. The van der Waals surface area contributed by atoms with E-state index in [4.69, 9.17) is 22.1 Å².